The van der Waals surface area contributed by atoms with Crippen LogP contribution in [0.5, 0.6) is 0 Å². The van der Waals surface area contributed by atoms with Gasteiger partial charge in [-0.1, -0.05) is 6.08 Å². The van der Waals surface area contributed by atoms with Crippen LogP contribution in [-0.2, 0) is 4.79 Å². The van der Waals surface area contributed by atoms with Crippen LogP contribution in [0.2, 0.25) is 0 Å². The van der Waals surface area contributed by atoms with Crippen molar-refractivity contribution in [3.05, 3.63) is 47.0 Å². The summed E-state index contributed by atoms with van der Waals surface area (Å²) in [6.07, 6.45) is 8.49. The molecule has 18 heavy (non-hydrogen) atoms. The molecule has 0 aliphatic heterocycles. The molecular weight excluding hydrogens is 228 g/mol. The fourth-order valence-corrected chi connectivity index (χ4v) is 1.66. The summed E-state index contributed by atoms with van der Waals surface area (Å²) < 4.78 is 0. The highest BCUT2D eigenvalue weighted by atomic mass is 16.3. The maximum Gasteiger partial charge on any atom is 0.144 e. The number of carbonyl (C=O) groups is 1. The number of carbonyl (C=O) groups excluding carboxylic acids is 1. The molecular formula is C14H20N2O2. The Morgan fingerprint density at radius 3 is 2.94 bits per heavy atom. The largest absolute Gasteiger partial charge is 0.508 e. The van der Waals surface area contributed by atoms with Gasteiger partial charge in [-0.25, -0.2) is 0 Å². The van der Waals surface area contributed by atoms with E-state index in [2.05, 4.69) is 10.6 Å². The van der Waals surface area contributed by atoms with E-state index in [-0.39, 0.29) is 5.76 Å². The van der Waals surface area contributed by atoms with E-state index in [9.17, 15) is 9.90 Å². The highest BCUT2D eigenvalue weighted by Crippen LogP contribution is 2.14. The first kappa shape index (κ1) is 14.1. The van der Waals surface area contributed by atoms with E-state index in [0.717, 1.165) is 36.2 Å². The molecule has 98 valence electrons. The van der Waals surface area contributed by atoms with Crippen LogP contribution in [0.25, 0.3) is 0 Å². The Kier molecular flexibility index (Phi) is 5.77. The lowest BCUT2D eigenvalue weighted by molar-refractivity contribution is -0.104. The van der Waals surface area contributed by atoms with E-state index < -0.39 is 0 Å². The molecule has 0 aromatic rings. The van der Waals surface area contributed by atoms with Crippen LogP contribution in [0.15, 0.2) is 47.0 Å². The zero-order chi connectivity index (χ0) is 13.4. The van der Waals surface area contributed by atoms with Gasteiger partial charge in [0.2, 0.25) is 0 Å². The van der Waals surface area contributed by atoms with Crippen LogP contribution in [0.1, 0.15) is 20.3 Å². The monoisotopic (exact) mass is 248 g/mol. The molecule has 0 spiro atoms. The number of aliphatic hydroxyl groups excluding tert-OH is 1. The molecule has 0 radical (unpaired) electrons. The molecule has 0 unspecified atom stereocenters. The molecule has 1 aliphatic carbocycles. The first-order valence-corrected chi connectivity index (χ1v) is 6.07. The van der Waals surface area contributed by atoms with Gasteiger partial charge in [-0.3, -0.25) is 4.79 Å². The summed E-state index contributed by atoms with van der Waals surface area (Å²) in [6.45, 7) is 5.25. The van der Waals surface area contributed by atoms with Crippen molar-refractivity contribution < 1.29 is 9.90 Å². The molecule has 0 atom stereocenters. The average Bonchev–Trinajstić information content (AvgIpc) is 2.49. The number of nitrogens with one attached hydrogen (secondary N) is 2. The maximum atomic E-state index is 10.5. The average molecular weight is 248 g/mol. The highest BCUT2D eigenvalue weighted by molar-refractivity contribution is 5.66. The van der Waals surface area contributed by atoms with E-state index in [1.807, 2.05) is 19.9 Å². The SMILES string of the molecule is CCN/C(=C\C=O)CNC1=CC(O)=CCC=C1C. The first-order chi connectivity index (χ1) is 8.67. The summed E-state index contributed by atoms with van der Waals surface area (Å²) in [5.74, 6) is 0.259. The quantitative estimate of drug-likeness (QED) is 0.496. The molecule has 0 aromatic carbocycles. The Bertz CT molecular complexity index is 418. The van der Waals surface area contributed by atoms with Gasteiger partial charge in [0.15, 0.2) is 0 Å². The number of hydrogen-bond acceptors (Lipinski definition) is 4. The summed E-state index contributed by atoms with van der Waals surface area (Å²) in [5, 5.41) is 15.9. The minimum Gasteiger partial charge on any atom is -0.508 e. The van der Waals surface area contributed by atoms with Crippen molar-refractivity contribution in [2.45, 2.75) is 20.3 Å². The minimum absolute atomic E-state index is 0.259. The van der Waals surface area contributed by atoms with Crippen molar-refractivity contribution >= 4 is 6.29 Å². The Morgan fingerprint density at radius 2 is 2.28 bits per heavy atom. The molecule has 0 fully saturated rings. The second kappa shape index (κ2) is 7.37. The Labute approximate surface area is 108 Å². The summed E-state index contributed by atoms with van der Waals surface area (Å²) >= 11 is 0. The van der Waals surface area contributed by atoms with Crippen molar-refractivity contribution in [2.75, 3.05) is 13.1 Å². The maximum absolute atomic E-state index is 10.5. The summed E-state index contributed by atoms with van der Waals surface area (Å²) in [4.78, 5) is 10.5. The molecule has 0 bridgehead atoms. The molecule has 0 saturated heterocycles. The lowest BCUT2D eigenvalue weighted by atomic mass is 10.2. The number of hydrogen-bond donors (Lipinski definition) is 3. The second-order valence-electron chi connectivity index (χ2n) is 4.02. The lowest BCUT2D eigenvalue weighted by Crippen LogP contribution is -2.25. The summed E-state index contributed by atoms with van der Waals surface area (Å²) in [5.41, 5.74) is 2.78. The normalized spacial score (nSPS) is 16.1. The van der Waals surface area contributed by atoms with Gasteiger partial charge in [-0.15, -0.1) is 0 Å². The van der Waals surface area contributed by atoms with Gasteiger partial charge in [0.05, 0.1) is 6.54 Å². The van der Waals surface area contributed by atoms with Crippen molar-refractivity contribution in [1.82, 2.24) is 10.6 Å². The molecule has 0 aromatic heterocycles. The zero-order valence-corrected chi connectivity index (χ0v) is 10.9. The first-order valence-electron chi connectivity index (χ1n) is 6.07. The van der Waals surface area contributed by atoms with E-state index in [4.69, 9.17) is 0 Å². The number of likely N-dealkylation sites (N-methyl/N-ethyl adjacent to an activating group) is 1. The third-order valence-corrected chi connectivity index (χ3v) is 2.61. The highest BCUT2D eigenvalue weighted by Gasteiger charge is 2.05. The number of allylic oxidation sites excluding steroid dienone is 5. The topological polar surface area (TPSA) is 61.4 Å². The molecule has 3 N–H and O–H groups in total. The van der Waals surface area contributed by atoms with E-state index in [1.54, 1.807) is 12.2 Å². The Hall–Kier alpha value is -1.97. The zero-order valence-electron chi connectivity index (χ0n) is 10.9. The van der Waals surface area contributed by atoms with Crippen LogP contribution in [0.3, 0.4) is 0 Å². The second-order valence-corrected chi connectivity index (χ2v) is 4.02. The molecule has 0 heterocycles. The number of aldehydes is 1. The number of aliphatic hydroxyl groups is 1. The van der Waals surface area contributed by atoms with Crippen molar-refractivity contribution in [3.63, 3.8) is 0 Å². The molecule has 0 amide bonds. The van der Waals surface area contributed by atoms with Crippen LogP contribution in [0, 0.1) is 0 Å². The lowest BCUT2D eigenvalue weighted by Gasteiger charge is -2.14. The minimum atomic E-state index is 0.259. The fraction of sp³-hybridized carbons (Fsp3) is 0.357. The summed E-state index contributed by atoms with van der Waals surface area (Å²) in [6, 6.07) is 0. The van der Waals surface area contributed by atoms with Crippen LogP contribution in [-0.4, -0.2) is 24.5 Å². The van der Waals surface area contributed by atoms with E-state index in [1.165, 1.54) is 6.08 Å². The third kappa shape index (κ3) is 4.49. The smallest absolute Gasteiger partial charge is 0.144 e. The Morgan fingerprint density at radius 1 is 1.50 bits per heavy atom. The van der Waals surface area contributed by atoms with E-state index >= 15 is 0 Å². The van der Waals surface area contributed by atoms with Gasteiger partial charge < -0.3 is 15.7 Å². The van der Waals surface area contributed by atoms with Gasteiger partial charge in [0, 0.05) is 24.0 Å². The third-order valence-electron chi connectivity index (χ3n) is 2.61. The predicted molar refractivity (Wildman–Crippen MR) is 73.0 cm³/mol. The van der Waals surface area contributed by atoms with Crippen molar-refractivity contribution in [3.8, 4) is 0 Å². The van der Waals surface area contributed by atoms with Crippen LogP contribution >= 0.6 is 0 Å². The van der Waals surface area contributed by atoms with E-state index in [0.29, 0.717) is 6.54 Å². The molecule has 4 heteroatoms. The van der Waals surface area contributed by atoms with Crippen molar-refractivity contribution in [2.24, 2.45) is 0 Å². The van der Waals surface area contributed by atoms with Crippen LogP contribution in [0.4, 0.5) is 0 Å². The van der Waals surface area contributed by atoms with Crippen molar-refractivity contribution in [1.29, 1.82) is 0 Å². The van der Waals surface area contributed by atoms with Crippen LogP contribution < -0.4 is 10.6 Å². The predicted octanol–water partition coefficient (Wildman–Crippen LogP) is 1.94. The summed E-state index contributed by atoms with van der Waals surface area (Å²) in [7, 11) is 0. The fourth-order valence-electron chi connectivity index (χ4n) is 1.66. The van der Waals surface area contributed by atoms with Gasteiger partial charge in [-0.2, -0.15) is 0 Å². The molecule has 1 aliphatic rings. The molecule has 1 rings (SSSR count). The number of rotatable bonds is 6. The van der Waals surface area contributed by atoms with Gasteiger partial charge in [0.1, 0.15) is 12.0 Å². The van der Waals surface area contributed by atoms with Gasteiger partial charge in [-0.05, 0) is 38.0 Å². The van der Waals surface area contributed by atoms with Gasteiger partial charge in [0.25, 0.3) is 0 Å². The molecule has 4 nitrogen and oxygen atoms in total. The standard InChI is InChI=1S/C14H20N2O2/c1-3-15-12(7-8-17)10-16-14-9-13(18)6-4-5-11(14)2/h5-9,15-16,18H,3-4,10H2,1-2H3/b12-7-. The molecule has 0 saturated carbocycles. The van der Waals surface area contributed by atoms with Gasteiger partial charge >= 0.3 is 0 Å². The Balaban J connectivity index is 2.68.